The van der Waals surface area contributed by atoms with Gasteiger partial charge in [0, 0.05) is 29.7 Å². The zero-order valence-electron chi connectivity index (χ0n) is 16.7. The number of amides is 3. The fourth-order valence-corrected chi connectivity index (χ4v) is 4.08. The highest BCUT2D eigenvalue weighted by molar-refractivity contribution is 6.05. The summed E-state index contributed by atoms with van der Waals surface area (Å²) < 4.78 is 27.7. The maximum absolute atomic E-state index is 13.6. The van der Waals surface area contributed by atoms with Crippen LogP contribution in [0.5, 0.6) is 0 Å². The highest BCUT2D eigenvalue weighted by Gasteiger charge is 2.39. The summed E-state index contributed by atoms with van der Waals surface area (Å²) in [6, 6.07) is 12.7. The molecule has 10 heteroatoms. The number of nitrogens with one attached hydrogen (secondary N) is 1. The number of aromatic nitrogens is 3. The minimum atomic E-state index is -2.87. The summed E-state index contributed by atoms with van der Waals surface area (Å²) in [6.07, 6.45) is 0.428. The van der Waals surface area contributed by atoms with Crippen LogP contribution in [0.4, 0.5) is 8.78 Å². The second-order valence-corrected chi connectivity index (χ2v) is 7.62. The van der Waals surface area contributed by atoms with Crippen molar-refractivity contribution in [3.8, 4) is 22.8 Å². The Kier molecular flexibility index (Phi) is 4.76. The van der Waals surface area contributed by atoms with E-state index in [1.165, 1.54) is 4.90 Å². The SMILES string of the molecule is O=C1CCC(N2Cc3cc(-c4nc(-c5ccccc5)n(C(F)F)n4)ccc3C2=O)C(=O)N1. The highest BCUT2D eigenvalue weighted by atomic mass is 19.3. The van der Waals surface area contributed by atoms with Crippen molar-refractivity contribution >= 4 is 17.7 Å². The normalized spacial score (nSPS) is 18.3. The van der Waals surface area contributed by atoms with E-state index >= 15 is 0 Å². The number of hydrogen-bond donors (Lipinski definition) is 1. The molecular weight excluding hydrogens is 420 g/mol. The molecule has 1 atom stereocenters. The van der Waals surface area contributed by atoms with E-state index in [0.29, 0.717) is 26.9 Å². The molecule has 1 N–H and O–H groups in total. The molecule has 8 nitrogen and oxygen atoms in total. The number of halogens is 2. The van der Waals surface area contributed by atoms with Crippen LogP contribution >= 0.6 is 0 Å². The first-order valence-corrected chi connectivity index (χ1v) is 10.0. The van der Waals surface area contributed by atoms with Gasteiger partial charge in [-0.25, -0.2) is 4.98 Å². The van der Waals surface area contributed by atoms with E-state index in [0.717, 1.165) is 0 Å². The summed E-state index contributed by atoms with van der Waals surface area (Å²) >= 11 is 0. The van der Waals surface area contributed by atoms with Crippen molar-refractivity contribution in [2.24, 2.45) is 0 Å². The van der Waals surface area contributed by atoms with Gasteiger partial charge in [-0.1, -0.05) is 36.4 Å². The predicted octanol–water partition coefficient (Wildman–Crippen LogP) is 2.77. The zero-order chi connectivity index (χ0) is 22.4. The average Bonchev–Trinajstić information content (AvgIpc) is 3.37. The van der Waals surface area contributed by atoms with E-state index in [1.807, 2.05) is 0 Å². The number of carbonyl (C=O) groups excluding carboxylic acids is 3. The van der Waals surface area contributed by atoms with Gasteiger partial charge in [-0.15, -0.1) is 5.10 Å². The number of benzene rings is 2. The van der Waals surface area contributed by atoms with Crippen molar-refractivity contribution in [1.29, 1.82) is 0 Å². The Morgan fingerprint density at radius 2 is 1.81 bits per heavy atom. The molecule has 3 aromatic rings. The number of hydrogen-bond acceptors (Lipinski definition) is 5. The molecule has 2 aliphatic heterocycles. The van der Waals surface area contributed by atoms with Crippen LogP contribution in [0.1, 0.15) is 35.3 Å². The molecule has 0 saturated carbocycles. The molecule has 162 valence electrons. The van der Waals surface area contributed by atoms with Crippen LogP contribution in [-0.2, 0) is 16.1 Å². The Morgan fingerprint density at radius 3 is 2.53 bits per heavy atom. The van der Waals surface area contributed by atoms with Crippen LogP contribution in [0, 0.1) is 0 Å². The van der Waals surface area contributed by atoms with Gasteiger partial charge in [0.05, 0.1) is 0 Å². The smallest absolute Gasteiger partial charge is 0.322 e. The van der Waals surface area contributed by atoms with Crippen LogP contribution in [-0.4, -0.2) is 43.4 Å². The Hall–Kier alpha value is -3.95. The van der Waals surface area contributed by atoms with Crippen molar-refractivity contribution in [1.82, 2.24) is 25.0 Å². The maximum atomic E-state index is 13.6. The van der Waals surface area contributed by atoms with Crippen molar-refractivity contribution in [2.45, 2.75) is 32.0 Å². The summed E-state index contributed by atoms with van der Waals surface area (Å²) in [5, 5.41) is 6.25. The molecule has 1 unspecified atom stereocenters. The van der Waals surface area contributed by atoms with Gasteiger partial charge in [-0.3, -0.25) is 19.7 Å². The van der Waals surface area contributed by atoms with Crippen LogP contribution in [0.3, 0.4) is 0 Å². The second-order valence-electron chi connectivity index (χ2n) is 7.62. The van der Waals surface area contributed by atoms with E-state index < -0.39 is 18.5 Å². The number of fused-ring (bicyclic) bond motifs is 1. The molecule has 0 radical (unpaired) electrons. The molecule has 0 spiro atoms. The summed E-state index contributed by atoms with van der Waals surface area (Å²) in [4.78, 5) is 42.2. The van der Waals surface area contributed by atoms with E-state index in [-0.39, 0.29) is 42.8 Å². The first-order chi connectivity index (χ1) is 15.4. The fraction of sp³-hybridized carbons (Fsp3) is 0.227. The number of nitrogens with zero attached hydrogens (tertiary/aromatic N) is 4. The summed E-state index contributed by atoms with van der Waals surface area (Å²) in [6.45, 7) is -2.69. The number of imide groups is 1. The Bertz CT molecular complexity index is 1240. The molecule has 3 heterocycles. The molecule has 2 aromatic carbocycles. The first-order valence-electron chi connectivity index (χ1n) is 10.0. The first kappa shape index (κ1) is 20.0. The quantitative estimate of drug-likeness (QED) is 0.633. The van der Waals surface area contributed by atoms with Gasteiger partial charge in [0.2, 0.25) is 11.8 Å². The van der Waals surface area contributed by atoms with E-state index in [4.69, 9.17) is 0 Å². The highest BCUT2D eigenvalue weighted by Crippen LogP contribution is 2.32. The average molecular weight is 437 g/mol. The van der Waals surface area contributed by atoms with Gasteiger partial charge >= 0.3 is 6.55 Å². The lowest BCUT2D eigenvalue weighted by molar-refractivity contribution is -0.136. The van der Waals surface area contributed by atoms with Crippen LogP contribution in [0.25, 0.3) is 22.8 Å². The van der Waals surface area contributed by atoms with E-state index in [1.54, 1.807) is 48.5 Å². The standard InChI is InChI=1S/C22H17F2N5O3/c23-22(24)29-19(12-4-2-1-3-5-12)26-18(27-29)13-6-7-15-14(10-13)11-28(21(15)32)16-8-9-17(30)25-20(16)31/h1-7,10,16,22H,8-9,11H2,(H,25,30,31). The van der Waals surface area contributed by atoms with Gasteiger partial charge in [-0.2, -0.15) is 13.5 Å². The summed E-state index contributed by atoms with van der Waals surface area (Å²) in [7, 11) is 0. The molecule has 2 aliphatic rings. The minimum Gasteiger partial charge on any atom is -0.322 e. The zero-order valence-corrected chi connectivity index (χ0v) is 16.7. The summed E-state index contributed by atoms with van der Waals surface area (Å²) in [5.74, 6) is -1.01. The van der Waals surface area contributed by atoms with E-state index in [9.17, 15) is 23.2 Å². The molecule has 0 bridgehead atoms. The molecule has 0 aliphatic carbocycles. The molecule has 1 aromatic heterocycles. The fourth-order valence-electron chi connectivity index (χ4n) is 4.08. The number of piperidine rings is 1. The van der Waals surface area contributed by atoms with Gasteiger partial charge in [0.1, 0.15) is 6.04 Å². The Labute approximate surface area is 180 Å². The Morgan fingerprint density at radius 1 is 1.03 bits per heavy atom. The monoisotopic (exact) mass is 437 g/mol. The van der Waals surface area contributed by atoms with Gasteiger partial charge < -0.3 is 4.90 Å². The third kappa shape index (κ3) is 3.33. The van der Waals surface area contributed by atoms with Gasteiger partial charge in [-0.05, 0) is 24.1 Å². The molecule has 5 rings (SSSR count). The lowest BCUT2D eigenvalue weighted by atomic mass is 10.0. The van der Waals surface area contributed by atoms with Crippen LogP contribution < -0.4 is 5.32 Å². The largest absolute Gasteiger partial charge is 0.335 e. The molecule has 3 amide bonds. The predicted molar refractivity (Wildman–Crippen MR) is 108 cm³/mol. The third-order valence-corrected chi connectivity index (χ3v) is 5.63. The van der Waals surface area contributed by atoms with Gasteiger partial charge in [0.15, 0.2) is 11.6 Å². The number of rotatable bonds is 4. The molecule has 1 saturated heterocycles. The molecule has 32 heavy (non-hydrogen) atoms. The second kappa shape index (κ2) is 7.63. The molecular formula is C22H17F2N5O3. The van der Waals surface area contributed by atoms with Crippen molar-refractivity contribution in [3.05, 3.63) is 59.7 Å². The van der Waals surface area contributed by atoms with Crippen molar-refractivity contribution < 1.29 is 23.2 Å². The van der Waals surface area contributed by atoms with Crippen molar-refractivity contribution in [3.63, 3.8) is 0 Å². The van der Waals surface area contributed by atoms with Crippen LogP contribution in [0.2, 0.25) is 0 Å². The lowest BCUT2D eigenvalue weighted by Gasteiger charge is -2.29. The number of alkyl halides is 2. The third-order valence-electron chi connectivity index (χ3n) is 5.63. The van der Waals surface area contributed by atoms with Gasteiger partial charge in [0.25, 0.3) is 5.91 Å². The minimum absolute atomic E-state index is 0.0392. The van der Waals surface area contributed by atoms with Crippen LogP contribution in [0.15, 0.2) is 48.5 Å². The maximum Gasteiger partial charge on any atom is 0.335 e. The van der Waals surface area contributed by atoms with Crippen molar-refractivity contribution in [2.75, 3.05) is 0 Å². The lowest BCUT2D eigenvalue weighted by Crippen LogP contribution is -2.52. The molecule has 1 fully saturated rings. The topological polar surface area (TPSA) is 97.2 Å². The number of carbonyl (C=O) groups is 3. The summed E-state index contributed by atoms with van der Waals surface area (Å²) in [5.41, 5.74) is 2.06. The Balaban J connectivity index is 1.47. The van der Waals surface area contributed by atoms with E-state index in [2.05, 4.69) is 15.4 Å².